The first-order chi connectivity index (χ1) is 15.9. The largest absolute Gasteiger partial charge is 0.477 e. The van der Waals surface area contributed by atoms with Crippen molar-refractivity contribution in [1.82, 2.24) is 15.0 Å². The van der Waals surface area contributed by atoms with Crippen LogP contribution in [0.25, 0.3) is 11.1 Å². The molecule has 1 aliphatic heterocycles. The highest BCUT2D eigenvalue weighted by Crippen LogP contribution is 2.41. The molecule has 5 rings (SSSR count). The van der Waals surface area contributed by atoms with Gasteiger partial charge in [0.15, 0.2) is 5.13 Å². The summed E-state index contributed by atoms with van der Waals surface area (Å²) in [5.41, 5.74) is 2.44. The summed E-state index contributed by atoms with van der Waals surface area (Å²) in [5.74, 6) is -2.63. The Balaban J connectivity index is 1.65. The van der Waals surface area contributed by atoms with E-state index < -0.39 is 17.6 Å². The van der Waals surface area contributed by atoms with Gasteiger partial charge < -0.3 is 10.4 Å². The molecule has 0 saturated carbocycles. The minimum Gasteiger partial charge on any atom is -0.477 e. The van der Waals surface area contributed by atoms with Crippen LogP contribution in [0.2, 0.25) is 0 Å². The number of aliphatic imine (C=N–C) groups is 1. The van der Waals surface area contributed by atoms with Crippen LogP contribution in [0.3, 0.4) is 0 Å². The molecule has 164 valence electrons. The van der Waals surface area contributed by atoms with Crippen LogP contribution in [-0.2, 0) is 11.2 Å². The van der Waals surface area contributed by atoms with Crippen molar-refractivity contribution in [2.45, 2.75) is 13.3 Å². The van der Waals surface area contributed by atoms with Crippen molar-refractivity contribution < 1.29 is 18.7 Å². The number of carboxylic acid groups (broad SMARTS) is 1. The molecule has 1 aliphatic carbocycles. The number of aliphatic carboxylic acids is 1. The zero-order valence-electron chi connectivity index (χ0n) is 17.1. The molecule has 0 atom stereocenters. The second-order valence-electron chi connectivity index (χ2n) is 7.33. The number of benzene rings is 1. The number of rotatable bonds is 4. The van der Waals surface area contributed by atoms with E-state index >= 15 is 0 Å². The Hall–Kier alpha value is -4.05. The molecular weight excluding hydrogens is 448 g/mol. The lowest BCUT2D eigenvalue weighted by Gasteiger charge is -2.21. The number of carboxylic acids is 1. The van der Waals surface area contributed by atoms with Crippen molar-refractivity contribution in [3.8, 4) is 0 Å². The third-order valence-corrected chi connectivity index (χ3v) is 6.00. The van der Waals surface area contributed by atoms with E-state index in [4.69, 9.17) is 0 Å². The van der Waals surface area contributed by atoms with Gasteiger partial charge in [-0.05, 0) is 42.7 Å². The van der Waals surface area contributed by atoms with E-state index in [2.05, 4.69) is 25.3 Å². The molecule has 0 amide bonds. The van der Waals surface area contributed by atoms with Gasteiger partial charge in [-0.2, -0.15) is 0 Å². The molecule has 0 saturated heterocycles. The molecule has 2 aromatic heterocycles. The second kappa shape index (κ2) is 8.14. The van der Waals surface area contributed by atoms with E-state index in [0.29, 0.717) is 34.3 Å². The Labute approximate surface area is 190 Å². The molecule has 2 aliphatic rings. The lowest BCUT2D eigenvalue weighted by atomic mass is 9.84. The quantitative estimate of drug-likeness (QED) is 0.581. The maximum absolute atomic E-state index is 14.7. The number of allylic oxidation sites excluding steroid dienone is 4. The number of carbonyl (C=O) groups is 1. The molecule has 0 radical (unpaired) electrons. The van der Waals surface area contributed by atoms with Crippen LogP contribution in [-0.4, -0.2) is 31.7 Å². The first kappa shape index (κ1) is 20.8. The van der Waals surface area contributed by atoms with E-state index in [1.165, 1.54) is 29.7 Å². The van der Waals surface area contributed by atoms with E-state index in [-0.39, 0.29) is 16.8 Å². The second-order valence-corrected chi connectivity index (χ2v) is 8.18. The van der Waals surface area contributed by atoms with Gasteiger partial charge in [-0.15, -0.1) is 11.3 Å². The van der Waals surface area contributed by atoms with Crippen LogP contribution >= 0.6 is 11.3 Å². The van der Waals surface area contributed by atoms with Gasteiger partial charge in [0.25, 0.3) is 0 Å². The van der Waals surface area contributed by atoms with Crippen molar-refractivity contribution in [3.63, 3.8) is 0 Å². The lowest BCUT2D eigenvalue weighted by Crippen LogP contribution is -2.12. The summed E-state index contributed by atoms with van der Waals surface area (Å²) in [5, 5.41) is 15.1. The molecule has 2 N–H and O–H groups in total. The fraction of sp³-hybridized carbons (Fsp3) is 0.0870. The molecule has 1 aromatic carbocycles. The summed E-state index contributed by atoms with van der Waals surface area (Å²) in [4.78, 5) is 29.0. The van der Waals surface area contributed by atoms with Crippen LogP contribution in [0, 0.1) is 18.6 Å². The maximum Gasteiger partial charge on any atom is 0.354 e. The molecule has 0 bridgehead atoms. The topological polar surface area (TPSA) is 100 Å². The van der Waals surface area contributed by atoms with Gasteiger partial charge in [0.1, 0.15) is 17.3 Å². The SMILES string of the molecule is Cc1csc(Nc2ncc3c(n2)C2=CN=C(C(=O)O)C=C(c4c(F)cccc4F)C2=CC3)n1. The van der Waals surface area contributed by atoms with Gasteiger partial charge >= 0.3 is 5.97 Å². The number of hydrogen-bond acceptors (Lipinski definition) is 7. The van der Waals surface area contributed by atoms with Gasteiger partial charge in [0.2, 0.25) is 5.95 Å². The van der Waals surface area contributed by atoms with Gasteiger partial charge in [-0.1, -0.05) is 12.1 Å². The van der Waals surface area contributed by atoms with Gasteiger partial charge in [0.05, 0.1) is 17.0 Å². The number of anilines is 2. The zero-order valence-corrected chi connectivity index (χ0v) is 18.0. The van der Waals surface area contributed by atoms with Crippen molar-refractivity contribution in [2.75, 3.05) is 5.32 Å². The van der Waals surface area contributed by atoms with E-state index in [0.717, 1.165) is 23.4 Å². The fourth-order valence-corrected chi connectivity index (χ4v) is 4.34. The number of thiazole rings is 1. The highest BCUT2D eigenvalue weighted by molar-refractivity contribution is 7.13. The van der Waals surface area contributed by atoms with E-state index in [9.17, 15) is 18.7 Å². The first-order valence-corrected chi connectivity index (χ1v) is 10.7. The summed E-state index contributed by atoms with van der Waals surface area (Å²) in [6.07, 6.45) is 6.36. The van der Waals surface area contributed by atoms with E-state index in [1.807, 2.05) is 12.3 Å². The van der Waals surface area contributed by atoms with Crippen molar-refractivity contribution in [2.24, 2.45) is 4.99 Å². The molecule has 10 heteroatoms. The number of nitrogens with zero attached hydrogens (tertiary/aromatic N) is 4. The van der Waals surface area contributed by atoms with Gasteiger partial charge in [0, 0.05) is 28.9 Å². The smallest absolute Gasteiger partial charge is 0.354 e. The van der Waals surface area contributed by atoms with Crippen molar-refractivity contribution in [1.29, 1.82) is 0 Å². The third-order valence-electron chi connectivity index (χ3n) is 5.13. The van der Waals surface area contributed by atoms with Crippen LogP contribution in [0.1, 0.15) is 22.5 Å². The maximum atomic E-state index is 14.7. The van der Waals surface area contributed by atoms with E-state index in [1.54, 1.807) is 12.3 Å². The van der Waals surface area contributed by atoms with Gasteiger partial charge in [-0.25, -0.2) is 33.5 Å². The van der Waals surface area contributed by atoms with Crippen LogP contribution in [0.15, 0.2) is 58.7 Å². The van der Waals surface area contributed by atoms with Crippen molar-refractivity contribution >= 4 is 45.2 Å². The molecule has 0 unspecified atom stereocenters. The number of nitrogens with one attached hydrogen (secondary N) is 1. The molecule has 0 spiro atoms. The highest BCUT2D eigenvalue weighted by atomic mass is 32.1. The summed E-state index contributed by atoms with van der Waals surface area (Å²) < 4.78 is 29.4. The Morgan fingerprint density at radius 2 is 1.94 bits per heavy atom. The molecule has 7 nitrogen and oxygen atoms in total. The minimum absolute atomic E-state index is 0.0878. The number of hydrogen-bond donors (Lipinski definition) is 2. The predicted octanol–water partition coefficient (Wildman–Crippen LogP) is 4.71. The summed E-state index contributed by atoms with van der Waals surface area (Å²) in [6.45, 7) is 1.87. The summed E-state index contributed by atoms with van der Waals surface area (Å²) >= 11 is 1.40. The molecule has 0 fully saturated rings. The monoisotopic (exact) mass is 463 g/mol. The van der Waals surface area contributed by atoms with Crippen LogP contribution < -0.4 is 5.32 Å². The Morgan fingerprint density at radius 3 is 2.64 bits per heavy atom. The third kappa shape index (κ3) is 3.85. The Bertz CT molecular complexity index is 1420. The minimum atomic E-state index is -1.32. The summed E-state index contributed by atoms with van der Waals surface area (Å²) in [7, 11) is 0. The zero-order chi connectivity index (χ0) is 23.1. The number of aromatic nitrogens is 3. The Morgan fingerprint density at radius 1 is 1.15 bits per heavy atom. The normalized spacial score (nSPS) is 14.8. The number of aryl methyl sites for hydroxylation is 1. The Kier molecular flexibility index (Phi) is 5.14. The standard InChI is InChI=1S/C23H15F2N5O2S/c1-11-10-33-23(28-11)30-22-27-8-12-5-6-13-14(19-16(24)3-2-4-17(19)25)7-18(21(31)32)26-9-15(13)20(12)29-22/h2-4,6-10H,5H2,1H3,(H,31,32)(H,27,28,29,30). The average Bonchev–Trinajstić information content (AvgIpc) is 3.08. The number of halogens is 2. The lowest BCUT2D eigenvalue weighted by molar-refractivity contribution is -0.129. The predicted molar refractivity (Wildman–Crippen MR) is 121 cm³/mol. The summed E-state index contributed by atoms with van der Waals surface area (Å²) in [6, 6.07) is 3.51. The average molecular weight is 463 g/mol. The van der Waals surface area contributed by atoms with Crippen LogP contribution in [0.5, 0.6) is 0 Å². The molecule has 33 heavy (non-hydrogen) atoms. The van der Waals surface area contributed by atoms with Gasteiger partial charge in [-0.3, -0.25) is 0 Å². The first-order valence-electron chi connectivity index (χ1n) is 9.84. The van der Waals surface area contributed by atoms with Crippen molar-refractivity contribution in [3.05, 3.63) is 87.9 Å². The molecule has 3 heterocycles. The van der Waals surface area contributed by atoms with Crippen LogP contribution in [0.4, 0.5) is 19.9 Å². The number of fused-ring (bicyclic) bond motifs is 3. The molecule has 3 aromatic rings. The highest BCUT2D eigenvalue weighted by Gasteiger charge is 2.28. The molecular formula is C23H15F2N5O2S. The fourth-order valence-electron chi connectivity index (χ4n) is 3.66.